The Hall–Kier alpha value is -2.17. The number of benzene rings is 2. The summed E-state index contributed by atoms with van der Waals surface area (Å²) in [7, 11) is 1.64. The van der Waals surface area contributed by atoms with Gasteiger partial charge in [-0.2, -0.15) is 0 Å². The molecule has 3 N–H and O–H groups in total. The molecule has 0 saturated heterocycles. The zero-order chi connectivity index (χ0) is 15.2. The molecule has 0 aliphatic carbocycles. The minimum atomic E-state index is -0.684. The SMILES string of the molecule is COCc1cccc(NC(=O)C(N)c2ccc(C)cc2)c1. The molecule has 0 spiro atoms. The van der Waals surface area contributed by atoms with Crippen molar-refractivity contribution in [2.24, 2.45) is 5.73 Å². The quantitative estimate of drug-likeness (QED) is 0.887. The van der Waals surface area contributed by atoms with Crippen molar-refractivity contribution in [3.63, 3.8) is 0 Å². The van der Waals surface area contributed by atoms with Crippen molar-refractivity contribution in [2.75, 3.05) is 12.4 Å². The number of hydrogen-bond donors (Lipinski definition) is 2. The summed E-state index contributed by atoms with van der Waals surface area (Å²) in [6.45, 7) is 2.50. The monoisotopic (exact) mass is 284 g/mol. The zero-order valence-electron chi connectivity index (χ0n) is 12.3. The smallest absolute Gasteiger partial charge is 0.245 e. The van der Waals surface area contributed by atoms with Crippen LogP contribution in [0.25, 0.3) is 0 Å². The van der Waals surface area contributed by atoms with Crippen LogP contribution in [0.4, 0.5) is 5.69 Å². The Labute approximate surface area is 124 Å². The first kappa shape index (κ1) is 15.2. The summed E-state index contributed by atoms with van der Waals surface area (Å²) in [5.41, 5.74) is 9.65. The Bertz CT molecular complexity index is 608. The fraction of sp³-hybridized carbons (Fsp3) is 0.235. The van der Waals surface area contributed by atoms with Gasteiger partial charge in [0.2, 0.25) is 5.91 Å². The zero-order valence-corrected chi connectivity index (χ0v) is 12.3. The minimum absolute atomic E-state index is 0.228. The van der Waals surface area contributed by atoms with E-state index in [0.29, 0.717) is 6.61 Å². The van der Waals surface area contributed by atoms with Gasteiger partial charge in [0.25, 0.3) is 0 Å². The first-order chi connectivity index (χ1) is 10.1. The third kappa shape index (κ3) is 4.15. The topological polar surface area (TPSA) is 64.3 Å². The predicted molar refractivity (Wildman–Crippen MR) is 83.9 cm³/mol. The molecule has 2 rings (SSSR count). The van der Waals surface area contributed by atoms with Gasteiger partial charge in [-0.25, -0.2) is 0 Å². The summed E-state index contributed by atoms with van der Waals surface area (Å²) in [6, 6.07) is 14.5. The fourth-order valence-corrected chi connectivity index (χ4v) is 2.05. The number of rotatable bonds is 5. The van der Waals surface area contributed by atoms with Crippen LogP contribution >= 0.6 is 0 Å². The van der Waals surface area contributed by atoms with E-state index in [9.17, 15) is 4.79 Å². The standard InChI is InChI=1S/C17H20N2O2/c1-12-6-8-14(9-7-12)16(18)17(20)19-15-5-3-4-13(10-15)11-21-2/h3-10,16H,11,18H2,1-2H3,(H,19,20). The van der Waals surface area contributed by atoms with Crippen LogP contribution in [0.2, 0.25) is 0 Å². The molecule has 0 radical (unpaired) electrons. The van der Waals surface area contributed by atoms with Gasteiger partial charge < -0.3 is 15.8 Å². The van der Waals surface area contributed by atoms with Gasteiger partial charge >= 0.3 is 0 Å². The van der Waals surface area contributed by atoms with Crippen molar-refractivity contribution < 1.29 is 9.53 Å². The number of carbonyl (C=O) groups excluding carboxylic acids is 1. The number of amides is 1. The molecule has 0 fully saturated rings. The van der Waals surface area contributed by atoms with Crippen molar-refractivity contribution in [3.05, 3.63) is 65.2 Å². The highest BCUT2D eigenvalue weighted by Gasteiger charge is 2.15. The molecular weight excluding hydrogens is 264 g/mol. The van der Waals surface area contributed by atoms with E-state index in [1.165, 1.54) is 0 Å². The Balaban J connectivity index is 2.06. The molecule has 1 amide bonds. The van der Waals surface area contributed by atoms with Crippen LogP contribution in [0.3, 0.4) is 0 Å². The first-order valence-corrected chi connectivity index (χ1v) is 6.81. The van der Waals surface area contributed by atoms with Gasteiger partial charge in [-0.05, 0) is 30.2 Å². The molecular formula is C17H20N2O2. The largest absolute Gasteiger partial charge is 0.380 e. The second kappa shape index (κ2) is 7.02. The number of nitrogens with one attached hydrogen (secondary N) is 1. The van der Waals surface area contributed by atoms with E-state index in [2.05, 4.69) is 5.32 Å². The molecule has 0 bridgehead atoms. The number of carbonyl (C=O) groups is 1. The summed E-state index contributed by atoms with van der Waals surface area (Å²) in [5, 5.41) is 2.83. The summed E-state index contributed by atoms with van der Waals surface area (Å²) in [4.78, 5) is 12.2. The van der Waals surface area contributed by atoms with E-state index in [1.54, 1.807) is 7.11 Å². The fourth-order valence-electron chi connectivity index (χ4n) is 2.05. The van der Waals surface area contributed by atoms with E-state index in [-0.39, 0.29) is 5.91 Å². The second-order valence-corrected chi connectivity index (χ2v) is 5.01. The number of hydrogen-bond acceptors (Lipinski definition) is 3. The first-order valence-electron chi connectivity index (χ1n) is 6.81. The molecule has 1 atom stereocenters. The van der Waals surface area contributed by atoms with E-state index in [0.717, 1.165) is 22.4 Å². The average molecular weight is 284 g/mol. The maximum Gasteiger partial charge on any atom is 0.245 e. The molecule has 4 nitrogen and oxygen atoms in total. The van der Waals surface area contributed by atoms with Crippen molar-refractivity contribution in [1.29, 1.82) is 0 Å². The lowest BCUT2D eigenvalue weighted by Crippen LogP contribution is -2.27. The van der Waals surface area contributed by atoms with Gasteiger partial charge in [0.05, 0.1) is 6.61 Å². The molecule has 21 heavy (non-hydrogen) atoms. The molecule has 1 unspecified atom stereocenters. The van der Waals surface area contributed by atoms with Crippen LogP contribution in [0.1, 0.15) is 22.7 Å². The average Bonchev–Trinajstić information content (AvgIpc) is 2.48. The molecule has 110 valence electrons. The molecule has 0 saturated carbocycles. The molecule has 4 heteroatoms. The number of nitrogens with two attached hydrogens (primary N) is 1. The molecule has 0 aromatic heterocycles. The molecule has 2 aromatic carbocycles. The summed E-state index contributed by atoms with van der Waals surface area (Å²) >= 11 is 0. The Morgan fingerprint density at radius 3 is 2.62 bits per heavy atom. The molecule has 0 aliphatic heterocycles. The Morgan fingerprint density at radius 2 is 1.95 bits per heavy atom. The highest BCUT2D eigenvalue weighted by atomic mass is 16.5. The van der Waals surface area contributed by atoms with Gasteiger partial charge in [-0.15, -0.1) is 0 Å². The van der Waals surface area contributed by atoms with Crippen LogP contribution in [-0.4, -0.2) is 13.0 Å². The molecule has 2 aromatic rings. The Kier molecular flexibility index (Phi) is 5.09. The van der Waals surface area contributed by atoms with Crippen molar-refractivity contribution in [1.82, 2.24) is 0 Å². The van der Waals surface area contributed by atoms with Crippen LogP contribution in [0, 0.1) is 6.92 Å². The number of ether oxygens (including phenoxy) is 1. The summed E-state index contributed by atoms with van der Waals surface area (Å²) < 4.78 is 5.08. The minimum Gasteiger partial charge on any atom is -0.380 e. The van der Waals surface area contributed by atoms with E-state index in [4.69, 9.17) is 10.5 Å². The highest BCUT2D eigenvalue weighted by molar-refractivity contribution is 5.95. The van der Waals surface area contributed by atoms with Gasteiger partial charge in [0.15, 0.2) is 0 Å². The van der Waals surface area contributed by atoms with Crippen molar-refractivity contribution in [2.45, 2.75) is 19.6 Å². The van der Waals surface area contributed by atoms with Crippen LogP contribution < -0.4 is 11.1 Å². The lowest BCUT2D eigenvalue weighted by atomic mass is 10.1. The molecule has 0 aliphatic rings. The predicted octanol–water partition coefficient (Wildman–Crippen LogP) is 2.78. The van der Waals surface area contributed by atoms with Gasteiger partial charge in [-0.1, -0.05) is 42.0 Å². The Morgan fingerprint density at radius 1 is 1.24 bits per heavy atom. The van der Waals surface area contributed by atoms with Crippen molar-refractivity contribution in [3.8, 4) is 0 Å². The summed E-state index contributed by atoms with van der Waals surface area (Å²) in [5.74, 6) is -0.228. The van der Waals surface area contributed by atoms with E-state index in [1.807, 2.05) is 55.5 Å². The van der Waals surface area contributed by atoms with Gasteiger partial charge in [0.1, 0.15) is 6.04 Å². The number of aryl methyl sites for hydroxylation is 1. The second-order valence-electron chi connectivity index (χ2n) is 5.01. The lowest BCUT2D eigenvalue weighted by Gasteiger charge is -2.13. The van der Waals surface area contributed by atoms with E-state index >= 15 is 0 Å². The third-order valence-corrected chi connectivity index (χ3v) is 3.22. The lowest BCUT2D eigenvalue weighted by molar-refractivity contribution is -0.117. The summed E-state index contributed by atoms with van der Waals surface area (Å²) in [6.07, 6.45) is 0. The van der Waals surface area contributed by atoms with E-state index < -0.39 is 6.04 Å². The molecule has 0 heterocycles. The highest BCUT2D eigenvalue weighted by Crippen LogP contribution is 2.16. The van der Waals surface area contributed by atoms with Crippen molar-refractivity contribution >= 4 is 11.6 Å². The van der Waals surface area contributed by atoms with Gasteiger partial charge in [-0.3, -0.25) is 4.79 Å². The van der Waals surface area contributed by atoms with Crippen LogP contribution in [0.15, 0.2) is 48.5 Å². The van der Waals surface area contributed by atoms with Crippen LogP contribution in [-0.2, 0) is 16.1 Å². The van der Waals surface area contributed by atoms with Gasteiger partial charge in [0, 0.05) is 12.8 Å². The van der Waals surface area contributed by atoms with Crippen LogP contribution in [0.5, 0.6) is 0 Å². The maximum absolute atomic E-state index is 12.2. The maximum atomic E-state index is 12.2. The third-order valence-electron chi connectivity index (χ3n) is 3.22. The number of methoxy groups -OCH3 is 1. The normalized spacial score (nSPS) is 12.0. The number of anilines is 1.